The summed E-state index contributed by atoms with van der Waals surface area (Å²) in [5.74, 6) is 0.225. The lowest BCUT2D eigenvalue weighted by atomic mass is 10.2. The molecule has 0 spiro atoms. The first-order valence-electron chi connectivity index (χ1n) is 6.91. The van der Waals surface area contributed by atoms with Crippen molar-refractivity contribution in [2.75, 3.05) is 5.32 Å². The van der Waals surface area contributed by atoms with Gasteiger partial charge in [0.1, 0.15) is 11.4 Å². The topological polar surface area (TPSA) is 92.7 Å². The summed E-state index contributed by atoms with van der Waals surface area (Å²) in [4.78, 5) is 27.4. The van der Waals surface area contributed by atoms with Crippen LogP contribution in [0, 0.1) is 6.92 Å². The first kappa shape index (κ1) is 17.6. The van der Waals surface area contributed by atoms with Gasteiger partial charge in [-0.05, 0) is 46.8 Å². The minimum atomic E-state index is -0.660. The number of aryl methyl sites for hydroxylation is 1. The van der Waals surface area contributed by atoms with E-state index in [0.29, 0.717) is 11.5 Å². The molecule has 0 unspecified atom stereocenters. The van der Waals surface area contributed by atoms with Gasteiger partial charge in [0.2, 0.25) is 5.91 Å². The Morgan fingerprint density at radius 3 is 2.59 bits per heavy atom. The molecule has 0 atom stereocenters. The standard InChI is InChI=1S/C15H22N4O3/c1-10-7-6-8-12(16-10)17-13(20)9-11(2)18-19-14(21)22-15(3,4)5/h6-8H,9H2,1-5H3,(H,19,21)(H,16,17,20)/b18-11-. The lowest BCUT2D eigenvalue weighted by molar-refractivity contribution is -0.115. The number of hydrogen-bond acceptors (Lipinski definition) is 5. The molecule has 1 aromatic rings. The first-order valence-corrected chi connectivity index (χ1v) is 6.91. The lowest BCUT2D eigenvalue weighted by Crippen LogP contribution is -2.30. The highest BCUT2D eigenvalue weighted by atomic mass is 16.6. The molecule has 0 aliphatic carbocycles. The number of aromatic nitrogens is 1. The number of nitrogens with zero attached hydrogens (tertiary/aromatic N) is 2. The second-order valence-electron chi connectivity index (χ2n) is 5.85. The largest absolute Gasteiger partial charge is 0.443 e. The molecule has 2 amide bonds. The Hall–Kier alpha value is -2.44. The van der Waals surface area contributed by atoms with Gasteiger partial charge >= 0.3 is 6.09 Å². The van der Waals surface area contributed by atoms with Crippen molar-refractivity contribution >= 4 is 23.5 Å². The monoisotopic (exact) mass is 306 g/mol. The Bertz CT molecular complexity index is 576. The van der Waals surface area contributed by atoms with E-state index in [4.69, 9.17) is 4.74 Å². The number of nitrogens with one attached hydrogen (secondary N) is 2. The number of hydrogen-bond donors (Lipinski definition) is 2. The number of carbonyl (C=O) groups excluding carboxylic acids is 2. The predicted molar refractivity (Wildman–Crippen MR) is 84.7 cm³/mol. The fourth-order valence-electron chi connectivity index (χ4n) is 1.51. The smallest absolute Gasteiger partial charge is 0.428 e. The minimum absolute atomic E-state index is 0.0470. The molecule has 0 fully saturated rings. The molecule has 0 aliphatic rings. The fourth-order valence-corrected chi connectivity index (χ4v) is 1.51. The van der Waals surface area contributed by atoms with Crippen molar-refractivity contribution in [3.05, 3.63) is 23.9 Å². The zero-order chi connectivity index (χ0) is 16.8. The van der Waals surface area contributed by atoms with Crippen LogP contribution in [0.15, 0.2) is 23.3 Å². The van der Waals surface area contributed by atoms with Crippen LogP contribution in [-0.2, 0) is 9.53 Å². The third-order valence-electron chi connectivity index (χ3n) is 2.31. The van der Waals surface area contributed by atoms with Gasteiger partial charge in [-0.2, -0.15) is 5.10 Å². The summed E-state index contributed by atoms with van der Waals surface area (Å²) in [5, 5.41) is 6.48. The van der Waals surface area contributed by atoms with Crippen LogP contribution in [0.2, 0.25) is 0 Å². The molecule has 2 N–H and O–H groups in total. The van der Waals surface area contributed by atoms with E-state index in [9.17, 15) is 9.59 Å². The maximum absolute atomic E-state index is 11.8. The molecule has 0 saturated carbocycles. The summed E-state index contributed by atoms with van der Waals surface area (Å²) in [6.45, 7) is 8.75. The van der Waals surface area contributed by atoms with Crippen molar-refractivity contribution in [3.8, 4) is 0 Å². The Labute approximate surface area is 130 Å². The molecule has 22 heavy (non-hydrogen) atoms. The highest BCUT2D eigenvalue weighted by molar-refractivity contribution is 6.05. The lowest BCUT2D eigenvalue weighted by Gasteiger charge is -2.18. The van der Waals surface area contributed by atoms with Crippen molar-refractivity contribution in [1.82, 2.24) is 10.4 Å². The van der Waals surface area contributed by atoms with Crippen molar-refractivity contribution in [1.29, 1.82) is 0 Å². The van der Waals surface area contributed by atoms with E-state index in [2.05, 4.69) is 20.8 Å². The van der Waals surface area contributed by atoms with Gasteiger partial charge < -0.3 is 10.1 Å². The Morgan fingerprint density at radius 1 is 1.32 bits per heavy atom. The average molecular weight is 306 g/mol. The number of amides is 2. The van der Waals surface area contributed by atoms with Crippen molar-refractivity contribution in [3.63, 3.8) is 0 Å². The van der Waals surface area contributed by atoms with Crippen molar-refractivity contribution in [2.24, 2.45) is 5.10 Å². The van der Waals surface area contributed by atoms with Gasteiger partial charge in [0.25, 0.3) is 0 Å². The molecule has 7 nitrogen and oxygen atoms in total. The quantitative estimate of drug-likeness (QED) is 0.660. The second-order valence-corrected chi connectivity index (χ2v) is 5.85. The number of pyridine rings is 1. The number of anilines is 1. The second kappa shape index (κ2) is 7.53. The number of rotatable bonds is 4. The van der Waals surface area contributed by atoms with E-state index in [1.807, 2.05) is 19.1 Å². The van der Waals surface area contributed by atoms with E-state index in [1.54, 1.807) is 33.8 Å². The third-order valence-corrected chi connectivity index (χ3v) is 2.31. The van der Waals surface area contributed by atoms with Crippen LogP contribution in [0.25, 0.3) is 0 Å². The molecule has 1 aromatic heterocycles. The van der Waals surface area contributed by atoms with Crippen LogP contribution in [0.4, 0.5) is 10.6 Å². The minimum Gasteiger partial charge on any atom is -0.443 e. The maximum atomic E-state index is 11.8. The van der Waals surface area contributed by atoms with Crippen LogP contribution in [0.3, 0.4) is 0 Å². The fraction of sp³-hybridized carbons (Fsp3) is 0.467. The van der Waals surface area contributed by atoms with Gasteiger partial charge in [-0.3, -0.25) is 4.79 Å². The highest BCUT2D eigenvalue weighted by Crippen LogP contribution is 2.06. The van der Waals surface area contributed by atoms with Gasteiger partial charge in [0, 0.05) is 11.4 Å². The molecule has 120 valence electrons. The molecule has 0 aliphatic heterocycles. The number of ether oxygens (including phenoxy) is 1. The summed E-state index contributed by atoms with van der Waals surface area (Å²) in [7, 11) is 0. The normalized spacial score (nSPS) is 11.8. The SMILES string of the molecule is C/C(CC(=O)Nc1cccc(C)n1)=N/NC(=O)OC(C)(C)C. The molecule has 1 rings (SSSR count). The summed E-state index contributed by atoms with van der Waals surface area (Å²) in [6, 6.07) is 5.35. The maximum Gasteiger partial charge on any atom is 0.428 e. The Morgan fingerprint density at radius 2 is 2.00 bits per heavy atom. The highest BCUT2D eigenvalue weighted by Gasteiger charge is 2.15. The molecular formula is C15H22N4O3. The first-order chi connectivity index (χ1) is 10.2. The zero-order valence-electron chi connectivity index (χ0n) is 13.6. The summed E-state index contributed by atoms with van der Waals surface area (Å²) in [5.41, 5.74) is 2.92. The molecular weight excluding hydrogens is 284 g/mol. The predicted octanol–water partition coefficient (Wildman–Crippen LogP) is 2.62. The number of carbonyl (C=O) groups is 2. The van der Waals surface area contributed by atoms with Crippen LogP contribution in [0.5, 0.6) is 0 Å². The van der Waals surface area contributed by atoms with Gasteiger partial charge in [-0.25, -0.2) is 15.2 Å². The summed E-state index contributed by atoms with van der Waals surface area (Å²) in [6.07, 6.45) is -0.613. The summed E-state index contributed by atoms with van der Waals surface area (Å²) < 4.78 is 5.03. The molecule has 7 heteroatoms. The molecule has 0 aromatic carbocycles. The third kappa shape index (κ3) is 7.37. The van der Waals surface area contributed by atoms with Gasteiger partial charge in [0.15, 0.2) is 0 Å². The van der Waals surface area contributed by atoms with Crippen molar-refractivity contribution in [2.45, 2.75) is 46.6 Å². The molecule has 0 saturated heterocycles. The van der Waals surface area contributed by atoms with E-state index in [0.717, 1.165) is 5.69 Å². The Kier molecular flexibility index (Phi) is 6.03. The average Bonchev–Trinajstić information content (AvgIpc) is 2.34. The number of hydrazone groups is 1. The van der Waals surface area contributed by atoms with Crippen LogP contribution < -0.4 is 10.7 Å². The van der Waals surface area contributed by atoms with Crippen LogP contribution in [-0.4, -0.2) is 28.3 Å². The molecule has 0 bridgehead atoms. The van der Waals surface area contributed by atoms with E-state index in [-0.39, 0.29) is 12.3 Å². The van der Waals surface area contributed by atoms with E-state index >= 15 is 0 Å². The summed E-state index contributed by atoms with van der Waals surface area (Å²) >= 11 is 0. The van der Waals surface area contributed by atoms with E-state index in [1.165, 1.54) is 0 Å². The molecule has 0 radical (unpaired) electrons. The van der Waals surface area contributed by atoms with Gasteiger partial charge in [-0.15, -0.1) is 0 Å². The van der Waals surface area contributed by atoms with Gasteiger partial charge in [0.05, 0.1) is 6.42 Å². The van der Waals surface area contributed by atoms with Crippen LogP contribution >= 0.6 is 0 Å². The van der Waals surface area contributed by atoms with Crippen LogP contribution in [0.1, 0.15) is 39.8 Å². The van der Waals surface area contributed by atoms with Crippen molar-refractivity contribution < 1.29 is 14.3 Å². The van der Waals surface area contributed by atoms with Gasteiger partial charge in [-0.1, -0.05) is 6.07 Å². The zero-order valence-corrected chi connectivity index (χ0v) is 13.6. The Balaban J connectivity index is 2.46. The molecule has 1 heterocycles. The van der Waals surface area contributed by atoms with E-state index < -0.39 is 11.7 Å².